The van der Waals surface area contributed by atoms with E-state index in [0.29, 0.717) is 12.8 Å². The molecule has 176 valence electrons. The second-order valence-electron chi connectivity index (χ2n) is 7.62. The van der Waals surface area contributed by atoms with Gasteiger partial charge in [0.15, 0.2) is 0 Å². The number of carboxylic acids is 2. The lowest BCUT2D eigenvalue weighted by Crippen LogP contribution is -2.26. The molecule has 0 amide bonds. The van der Waals surface area contributed by atoms with E-state index in [2.05, 4.69) is 13.8 Å². The molecule has 0 fully saturated rings. The molecule has 0 bridgehead atoms. The van der Waals surface area contributed by atoms with Crippen molar-refractivity contribution in [2.75, 3.05) is 13.2 Å². The van der Waals surface area contributed by atoms with Crippen LogP contribution in [-0.2, 0) is 9.59 Å². The number of aliphatic hydroxyl groups is 3. The number of rotatable bonds is 14. The highest BCUT2D eigenvalue weighted by molar-refractivity contribution is 5.70. The van der Waals surface area contributed by atoms with Crippen molar-refractivity contribution in [1.82, 2.24) is 0 Å². The Balaban J connectivity index is -0.000000350. The number of unbranched alkanes of at least 4 members (excludes halogenated alkanes) is 2. The van der Waals surface area contributed by atoms with Crippen molar-refractivity contribution in [1.29, 1.82) is 0 Å². The van der Waals surface area contributed by atoms with Crippen molar-refractivity contribution in [3.05, 3.63) is 0 Å². The zero-order chi connectivity index (χ0) is 23.3. The van der Waals surface area contributed by atoms with Gasteiger partial charge in [-0.15, -0.1) is 0 Å². The summed E-state index contributed by atoms with van der Waals surface area (Å²) < 4.78 is 0. The molecule has 0 aromatic heterocycles. The van der Waals surface area contributed by atoms with Gasteiger partial charge in [0.25, 0.3) is 0 Å². The third-order valence-corrected chi connectivity index (χ3v) is 4.80. The largest absolute Gasteiger partial charge is 0.481 e. The minimum Gasteiger partial charge on any atom is -0.481 e. The summed E-state index contributed by atoms with van der Waals surface area (Å²) in [5.74, 6) is -1.51. The maximum atomic E-state index is 10.4. The minimum absolute atomic E-state index is 0.0347. The smallest absolute Gasteiger partial charge is 0.306 e. The van der Waals surface area contributed by atoms with E-state index >= 15 is 0 Å². The van der Waals surface area contributed by atoms with Crippen LogP contribution in [0.15, 0.2) is 0 Å². The fourth-order valence-electron chi connectivity index (χ4n) is 2.51. The first kappa shape index (κ1) is 32.5. The van der Waals surface area contributed by atoms with Gasteiger partial charge in [0.1, 0.15) is 0 Å². The van der Waals surface area contributed by atoms with E-state index in [0.717, 1.165) is 51.4 Å². The third-order valence-electron chi connectivity index (χ3n) is 4.80. The van der Waals surface area contributed by atoms with Crippen LogP contribution in [0.2, 0.25) is 0 Å². The highest BCUT2D eigenvalue weighted by atomic mass is 16.4. The van der Waals surface area contributed by atoms with Crippen LogP contribution in [0.5, 0.6) is 0 Å². The molecule has 0 saturated heterocycles. The predicted molar refractivity (Wildman–Crippen MR) is 116 cm³/mol. The van der Waals surface area contributed by atoms with Gasteiger partial charge in [-0.05, 0) is 45.4 Å². The number of carbonyl (C=O) groups is 2. The van der Waals surface area contributed by atoms with Crippen LogP contribution in [-0.4, -0.2) is 56.3 Å². The minimum atomic E-state index is -0.899. The summed E-state index contributed by atoms with van der Waals surface area (Å²) >= 11 is 0. The summed E-state index contributed by atoms with van der Waals surface area (Å²) in [5.41, 5.74) is -0.899. The Kier molecular flexibility index (Phi) is 24.1. The molecule has 7 nitrogen and oxygen atoms in total. The molecular formula is C22H46O7. The van der Waals surface area contributed by atoms with Gasteiger partial charge in [-0.1, -0.05) is 53.4 Å². The van der Waals surface area contributed by atoms with Crippen molar-refractivity contribution >= 4 is 11.9 Å². The molecule has 29 heavy (non-hydrogen) atoms. The number of hydrogen-bond acceptors (Lipinski definition) is 5. The average Bonchev–Trinajstić information content (AvgIpc) is 2.63. The van der Waals surface area contributed by atoms with E-state index in [-0.39, 0.29) is 25.0 Å². The SMILES string of the molecule is CC(O)(CCO)CCO.CCCCC(CC)C(=O)O.CCCCC(CC)C(=O)O. The molecule has 0 saturated carbocycles. The van der Waals surface area contributed by atoms with Gasteiger partial charge in [0, 0.05) is 13.2 Å². The number of hydrogen-bond donors (Lipinski definition) is 5. The Morgan fingerprint density at radius 3 is 1.24 bits per heavy atom. The molecule has 5 N–H and O–H groups in total. The van der Waals surface area contributed by atoms with Gasteiger partial charge in [0.2, 0.25) is 0 Å². The molecule has 0 radical (unpaired) electrons. The Labute approximate surface area is 177 Å². The summed E-state index contributed by atoms with van der Waals surface area (Å²) in [6.45, 7) is 9.53. The first-order valence-electron chi connectivity index (χ1n) is 11.0. The van der Waals surface area contributed by atoms with Gasteiger partial charge < -0.3 is 25.5 Å². The number of aliphatic carboxylic acids is 2. The van der Waals surface area contributed by atoms with E-state index in [1.54, 1.807) is 6.92 Å². The van der Waals surface area contributed by atoms with Crippen LogP contribution in [0.3, 0.4) is 0 Å². The summed E-state index contributed by atoms with van der Waals surface area (Å²) in [4.78, 5) is 20.9. The monoisotopic (exact) mass is 422 g/mol. The molecule has 0 aromatic rings. The van der Waals surface area contributed by atoms with E-state index in [1.807, 2.05) is 13.8 Å². The molecule has 0 spiro atoms. The molecule has 0 aromatic carbocycles. The van der Waals surface area contributed by atoms with E-state index < -0.39 is 17.5 Å². The summed E-state index contributed by atoms with van der Waals surface area (Å²) in [6.07, 6.45) is 8.08. The Morgan fingerprint density at radius 1 is 0.759 bits per heavy atom. The summed E-state index contributed by atoms with van der Waals surface area (Å²) in [7, 11) is 0. The fourth-order valence-corrected chi connectivity index (χ4v) is 2.51. The third kappa shape index (κ3) is 23.0. The normalized spacial score (nSPS) is 12.7. The number of aliphatic hydroxyl groups excluding tert-OH is 2. The second-order valence-corrected chi connectivity index (χ2v) is 7.62. The lowest BCUT2D eigenvalue weighted by atomic mass is 10.00. The quantitative estimate of drug-likeness (QED) is 0.284. The highest BCUT2D eigenvalue weighted by Crippen LogP contribution is 2.13. The Morgan fingerprint density at radius 2 is 1.07 bits per heavy atom. The van der Waals surface area contributed by atoms with Gasteiger partial charge in [-0.25, -0.2) is 0 Å². The van der Waals surface area contributed by atoms with Crippen LogP contribution in [0.25, 0.3) is 0 Å². The molecular weight excluding hydrogens is 376 g/mol. The lowest BCUT2D eigenvalue weighted by Gasteiger charge is -2.20. The summed E-state index contributed by atoms with van der Waals surface area (Å²) in [5, 5.41) is 43.2. The van der Waals surface area contributed by atoms with Crippen LogP contribution in [0.1, 0.15) is 98.8 Å². The second kappa shape index (κ2) is 21.5. The van der Waals surface area contributed by atoms with Crippen LogP contribution in [0.4, 0.5) is 0 Å². The van der Waals surface area contributed by atoms with Crippen LogP contribution in [0, 0.1) is 11.8 Å². The van der Waals surface area contributed by atoms with E-state index in [9.17, 15) is 14.7 Å². The average molecular weight is 423 g/mol. The Hall–Kier alpha value is -1.18. The zero-order valence-electron chi connectivity index (χ0n) is 19.2. The molecule has 0 aliphatic carbocycles. The maximum absolute atomic E-state index is 10.4. The van der Waals surface area contributed by atoms with Crippen molar-refractivity contribution < 1.29 is 35.1 Å². The number of carboxylic acid groups (broad SMARTS) is 2. The van der Waals surface area contributed by atoms with Crippen molar-refractivity contribution in [2.24, 2.45) is 11.8 Å². The molecule has 0 aliphatic heterocycles. The maximum Gasteiger partial charge on any atom is 0.306 e. The van der Waals surface area contributed by atoms with Gasteiger partial charge in [0.05, 0.1) is 17.4 Å². The molecule has 7 heteroatoms. The topological polar surface area (TPSA) is 135 Å². The van der Waals surface area contributed by atoms with Crippen LogP contribution < -0.4 is 0 Å². The molecule has 0 rings (SSSR count). The molecule has 0 aliphatic rings. The summed E-state index contributed by atoms with van der Waals surface area (Å²) in [6, 6.07) is 0. The fraction of sp³-hybridized carbons (Fsp3) is 0.909. The van der Waals surface area contributed by atoms with E-state index in [1.165, 1.54) is 0 Å². The lowest BCUT2D eigenvalue weighted by molar-refractivity contribution is -0.143. The molecule has 2 unspecified atom stereocenters. The van der Waals surface area contributed by atoms with Gasteiger partial charge >= 0.3 is 11.9 Å². The van der Waals surface area contributed by atoms with E-state index in [4.69, 9.17) is 20.4 Å². The first-order valence-corrected chi connectivity index (χ1v) is 11.0. The van der Waals surface area contributed by atoms with Gasteiger partial charge in [-0.2, -0.15) is 0 Å². The standard InChI is InChI=1S/2C8H16O2.C6H14O3/c2*1-3-5-6-7(4-2)8(9)10;1-6(9,2-4-7)3-5-8/h2*7H,3-6H2,1-2H3,(H,9,10);7-9H,2-5H2,1H3. The van der Waals surface area contributed by atoms with Gasteiger partial charge in [-0.3, -0.25) is 9.59 Å². The van der Waals surface area contributed by atoms with Crippen LogP contribution >= 0.6 is 0 Å². The molecule has 2 atom stereocenters. The van der Waals surface area contributed by atoms with Crippen molar-refractivity contribution in [3.63, 3.8) is 0 Å². The predicted octanol–water partition coefficient (Wildman–Crippen LogP) is 4.08. The Bertz CT molecular complexity index is 349. The van der Waals surface area contributed by atoms with Crippen molar-refractivity contribution in [3.8, 4) is 0 Å². The first-order chi connectivity index (χ1) is 13.6. The zero-order valence-corrected chi connectivity index (χ0v) is 19.2. The highest BCUT2D eigenvalue weighted by Gasteiger charge is 2.17. The molecule has 0 heterocycles. The van der Waals surface area contributed by atoms with Crippen molar-refractivity contribution in [2.45, 2.75) is 104 Å².